The third kappa shape index (κ3) is 2.61. The van der Waals surface area contributed by atoms with Gasteiger partial charge in [0.05, 0.1) is 17.1 Å². The molecule has 0 spiro atoms. The molecule has 1 fully saturated rings. The van der Waals surface area contributed by atoms with Crippen LogP contribution in [-0.2, 0) is 0 Å². The van der Waals surface area contributed by atoms with E-state index in [9.17, 15) is 0 Å². The van der Waals surface area contributed by atoms with Crippen molar-refractivity contribution in [2.45, 2.75) is 13.0 Å². The number of halogens is 1. The average molecular weight is 279 g/mol. The first-order chi connectivity index (χ1) is 9.13. The van der Waals surface area contributed by atoms with Crippen LogP contribution in [0.25, 0.3) is 11.0 Å². The highest BCUT2D eigenvalue weighted by Gasteiger charge is 2.22. The maximum atomic E-state index is 6.01. The number of fused-ring (bicyclic) bond motifs is 1. The second-order valence-corrected chi connectivity index (χ2v) is 5.74. The highest BCUT2D eigenvalue weighted by molar-refractivity contribution is 6.31. The van der Waals surface area contributed by atoms with Gasteiger partial charge in [-0.2, -0.15) is 0 Å². The maximum Gasteiger partial charge on any atom is 0.124 e. The molecule has 2 heterocycles. The van der Waals surface area contributed by atoms with Gasteiger partial charge >= 0.3 is 0 Å². The highest BCUT2D eigenvalue weighted by Crippen LogP contribution is 2.23. The molecule has 102 valence electrons. The number of nitrogens with one attached hydrogen (secondary N) is 1. The van der Waals surface area contributed by atoms with Crippen molar-refractivity contribution in [2.24, 2.45) is 0 Å². The second kappa shape index (κ2) is 5.12. The van der Waals surface area contributed by atoms with Crippen LogP contribution in [0.15, 0.2) is 18.2 Å². The van der Waals surface area contributed by atoms with E-state index in [1.54, 1.807) is 0 Å². The molecular weight excluding hydrogens is 260 g/mol. The Kier molecular flexibility index (Phi) is 3.48. The molecule has 0 saturated carbocycles. The molecule has 5 heteroatoms. The van der Waals surface area contributed by atoms with Crippen molar-refractivity contribution in [3.8, 4) is 0 Å². The summed E-state index contributed by atoms with van der Waals surface area (Å²) in [5.41, 5.74) is 2.00. The van der Waals surface area contributed by atoms with E-state index in [2.05, 4.69) is 33.7 Å². The Bertz CT molecular complexity index is 572. The Morgan fingerprint density at radius 3 is 2.74 bits per heavy atom. The number of aromatic amines is 1. The third-order valence-electron chi connectivity index (χ3n) is 3.94. The number of likely N-dealkylation sites (N-methyl/N-ethyl adjacent to an activating group) is 1. The molecule has 4 nitrogen and oxygen atoms in total. The average Bonchev–Trinajstić information content (AvgIpc) is 2.81. The molecule has 1 aromatic carbocycles. The number of benzene rings is 1. The highest BCUT2D eigenvalue weighted by atomic mass is 35.5. The Hall–Kier alpha value is -1.10. The Balaban J connectivity index is 1.83. The van der Waals surface area contributed by atoms with Crippen LogP contribution < -0.4 is 0 Å². The van der Waals surface area contributed by atoms with Gasteiger partial charge in [0.25, 0.3) is 0 Å². The topological polar surface area (TPSA) is 35.2 Å². The zero-order valence-electron chi connectivity index (χ0n) is 11.4. The van der Waals surface area contributed by atoms with Gasteiger partial charge < -0.3 is 9.88 Å². The molecular formula is C14H19ClN4. The molecule has 3 rings (SSSR count). The summed E-state index contributed by atoms with van der Waals surface area (Å²) in [5.74, 6) is 1.03. The first-order valence-corrected chi connectivity index (χ1v) is 7.09. The van der Waals surface area contributed by atoms with Crippen molar-refractivity contribution in [1.82, 2.24) is 19.8 Å². The Morgan fingerprint density at radius 2 is 2.00 bits per heavy atom. The monoisotopic (exact) mass is 278 g/mol. The number of piperazine rings is 1. The SMILES string of the molecule is CC(c1nc2ccc(Cl)cc2[nH]1)N1CCN(C)CC1. The van der Waals surface area contributed by atoms with Gasteiger partial charge in [-0.3, -0.25) is 4.90 Å². The molecule has 1 N–H and O–H groups in total. The number of H-pyrrole nitrogens is 1. The van der Waals surface area contributed by atoms with Crippen LogP contribution in [0, 0.1) is 0 Å². The minimum Gasteiger partial charge on any atom is -0.341 e. The van der Waals surface area contributed by atoms with Crippen LogP contribution in [0.3, 0.4) is 0 Å². The molecule has 2 aromatic rings. The lowest BCUT2D eigenvalue weighted by atomic mass is 10.2. The van der Waals surface area contributed by atoms with Crippen molar-refractivity contribution in [2.75, 3.05) is 33.2 Å². The fourth-order valence-corrected chi connectivity index (χ4v) is 2.75. The summed E-state index contributed by atoms with van der Waals surface area (Å²) in [6.07, 6.45) is 0. The fourth-order valence-electron chi connectivity index (χ4n) is 2.58. The quantitative estimate of drug-likeness (QED) is 0.917. The molecule has 1 atom stereocenters. The summed E-state index contributed by atoms with van der Waals surface area (Å²) in [6, 6.07) is 6.10. The van der Waals surface area contributed by atoms with E-state index in [0.29, 0.717) is 6.04 Å². The van der Waals surface area contributed by atoms with Gasteiger partial charge in [0, 0.05) is 31.2 Å². The minimum absolute atomic E-state index is 0.319. The smallest absolute Gasteiger partial charge is 0.124 e. The van der Waals surface area contributed by atoms with Gasteiger partial charge in [-0.25, -0.2) is 4.98 Å². The van der Waals surface area contributed by atoms with Gasteiger partial charge in [0.1, 0.15) is 5.82 Å². The lowest BCUT2D eigenvalue weighted by Gasteiger charge is -2.35. The van der Waals surface area contributed by atoms with Crippen LogP contribution in [0.5, 0.6) is 0 Å². The zero-order chi connectivity index (χ0) is 13.4. The van der Waals surface area contributed by atoms with Crippen molar-refractivity contribution in [3.05, 3.63) is 29.0 Å². The van der Waals surface area contributed by atoms with E-state index < -0.39 is 0 Å². The zero-order valence-corrected chi connectivity index (χ0v) is 12.1. The number of aromatic nitrogens is 2. The summed E-state index contributed by atoms with van der Waals surface area (Å²) < 4.78 is 0. The molecule has 0 amide bonds. The summed E-state index contributed by atoms with van der Waals surface area (Å²) in [5, 5.41) is 0.745. The van der Waals surface area contributed by atoms with E-state index in [1.807, 2.05) is 18.2 Å². The van der Waals surface area contributed by atoms with Crippen molar-refractivity contribution in [1.29, 1.82) is 0 Å². The summed E-state index contributed by atoms with van der Waals surface area (Å²) >= 11 is 6.01. The fraction of sp³-hybridized carbons (Fsp3) is 0.500. The van der Waals surface area contributed by atoms with Crippen LogP contribution in [0.4, 0.5) is 0 Å². The number of nitrogens with zero attached hydrogens (tertiary/aromatic N) is 3. The Morgan fingerprint density at radius 1 is 1.26 bits per heavy atom. The number of hydrogen-bond donors (Lipinski definition) is 1. The van der Waals surface area contributed by atoms with E-state index >= 15 is 0 Å². The first-order valence-electron chi connectivity index (χ1n) is 6.71. The van der Waals surface area contributed by atoms with Crippen molar-refractivity contribution in [3.63, 3.8) is 0 Å². The van der Waals surface area contributed by atoms with Crippen LogP contribution in [0.2, 0.25) is 5.02 Å². The molecule has 1 unspecified atom stereocenters. The van der Waals surface area contributed by atoms with Gasteiger partial charge in [-0.15, -0.1) is 0 Å². The molecule has 0 aliphatic carbocycles. The van der Waals surface area contributed by atoms with E-state index in [-0.39, 0.29) is 0 Å². The first kappa shape index (κ1) is 12.9. The number of hydrogen-bond acceptors (Lipinski definition) is 3. The maximum absolute atomic E-state index is 6.01. The second-order valence-electron chi connectivity index (χ2n) is 5.30. The Labute approximate surface area is 118 Å². The molecule has 1 saturated heterocycles. The molecule has 1 aliphatic rings. The van der Waals surface area contributed by atoms with Crippen LogP contribution in [-0.4, -0.2) is 53.0 Å². The molecule has 1 aromatic heterocycles. The molecule has 0 radical (unpaired) electrons. The van der Waals surface area contributed by atoms with Gasteiger partial charge in [-0.05, 0) is 32.2 Å². The molecule has 1 aliphatic heterocycles. The van der Waals surface area contributed by atoms with E-state index in [4.69, 9.17) is 11.6 Å². The van der Waals surface area contributed by atoms with Crippen molar-refractivity contribution >= 4 is 22.6 Å². The van der Waals surface area contributed by atoms with Crippen molar-refractivity contribution < 1.29 is 0 Å². The van der Waals surface area contributed by atoms with Gasteiger partial charge in [0.2, 0.25) is 0 Å². The number of imidazole rings is 1. The normalized spacial score (nSPS) is 19.9. The molecule has 0 bridgehead atoms. The molecule has 19 heavy (non-hydrogen) atoms. The largest absolute Gasteiger partial charge is 0.341 e. The third-order valence-corrected chi connectivity index (χ3v) is 4.18. The number of rotatable bonds is 2. The van der Waals surface area contributed by atoms with E-state index in [1.165, 1.54) is 0 Å². The summed E-state index contributed by atoms with van der Waals surface area (Å²) in [4.78, 5) is 12.9. The van der Waals surface area contributed by atoms with Crippen LogP contribution >= 0.6 is 11.6 Å². The van der Waals surface area contributed by atoms with Gasteiger partial charge in [0.15, 0.2) is 0 Å². The minimum atomic E-state index is 0.319. The standard InChI is InChI=1S/C14H19ClN4/c1-10(19-7-5-18(2)6-8-19)14-16-12-4-3-11(15)9-13(12)17-14/h3-4,9-10H,5-8H2,1-2H3,(H,16,17). The lowest BCUT2D eigenvalue weighted by Crippen LogP contribution is -2.45. The van der Waals surface area contributed by atoms with Gasteiger partial charge in [-0.1, -0.05) is 11.6 Å². The predicted molar refractivity (Wildman–Crippen MR) is 78.6 cm³/mol. The predicted octanol–water partition coefficient (Wildman–Crippen LogP) is 2.52. The lowest BCUT2D eigenvalue weighted by molar-refractivity contribution is 0.116. The van der Waals surface area contributed by atoms with E-state index in [0.717, 1.165) is 48.1 Å². The summed E-state index contributed by atoms with van der Waals surface area (Å²) in [6.45, 7) is 6.64. The van der Waals surface area contributed by atoms with Crippen LogP contribution in [0.1, 0.15) is 18.8 Å². The summed E-state index contributed by atoms with van der Waals surface area (Å²) in [7, 11) is 2.17.